The van der Waals surface area contributed by atoms with Gasteiger partial charge >= 0.3 is 6.03 Å². The van der Waals surface area contributed by atoms with Gasteiger partial charge in [-0.2, -0.15) is 0 Å². The van der Waals surface area contributed by atoms with Crippen molar-refractivity contribution in [2.75, 3.05) is 6.61 Å². The first-order chi connectivity index (χ1) is 13.3. The summed E-state index contributed by atoms with van der Waals surface area (Å²) in [7, 11) is 0. The van der Waals surface area contributed by atoms with E-state index in [4.69, 9.17) is 9.47 Å². The van der Waals surface area contributed by atoms with Crippen molar-refractivity contribution in [3.8, 4) is 11.5 Å². The second-order valence-electron chi connectivity index (χ2n) is 7.30. The zero-order valence-corrected chi connectivity index (χ0v) is 17.7. The summed E-state index contributed by atoms with van der Waals surface area (Å²) in [6.45, 7) is 12.6. The Morgan fingerprint density at radius 1 is 1.00 bits per heavy atom. The molecule has 0 saturated carbocycles. The number of hydrogen-bond donors (Lipinski definition) is 2. The molecule has 0 radical (unpaired) electrons. The van der Waals surface area contributed by atoms with Crippen molar-refractivity contribution in [3.63, 3.8) is 0 Å². The van der Waals surface area contributed by atoms with Gasteiger partial charge in [-0.15, -0.1) is 0 Å². The lowest BCUT2D eigenvalue weighted by Gasteiger charge is -2.21. The lowest BCUT2D eigenvalue weighted by Crippen LogP contribution is -2.44. The van der Waals surface area contributed by atoms with Crippen LogP contribution in [0, 0.1) is 6.92 Å². The number of ether oxygens (including phenoxy) is 2. The second-order valence-corrected chi connectivity index (χ2v) is 7.30. The van der Waals surface area contributed by atoms with Crippen molar-refractivity contribution >= 4 is 6.03 Å². The van der Waals surface area contributed by atoms with E-state index in [-0.39, 0.29) is 12.1 Å². The number of urea groups is 1. The van der Waals surface area contributed by atoms with Crippen LogP contribution in [0.2, 0.25) is 0 Å². The summed E-state index contributed by atoms with van der Waals surface area (Å²) in [6, 6.07) is 13.4. The summed E-state index contributed by atoms with van der Waals surface area (Å²) in [6.07, 6.45) is -0.457. The lowest BCUT2D eigenvalue weighted by molar-refractivity contribution is 0.175. The molecule has 0 heterocycles. The van der Waals surface area contributed by atoms with Gasteiger partial charge in [0.2, 0.25) is 0 Å². The van der Waals surface area contributed by atoms with Crippen LogP contribution in [0.5, 0.6) is 11.5 Å². The molecule has 0 bridgehead atoms. The van der Waals surface area contributed by atoms with E-state index in [0.717, 1.165) is 22.6 Å². The monoisotopic (exact) mass is 384 g/mol. The van der Waals surface area contributed by atoms with E-state index >= 15 is 0 Å². The molecule has 0 fully saturated rings. The molecule has 0 aliphatic carbocycles. The predicted molar refractivity (Wildman–Crippen MR) is 113 cm³/mol. The molecule has 28 heavy (non-hydrogen) atoms. The third-order valence-electron chi connectivity index (χ3n) is 4.47. The highest BCUT2D eigenvalue weighted by Gasteiger charge is 2.16. The van der Waals surface area contributed by atoms with Crippen LogP contribution in [-0.2, 0) is 0 Å². The average Bonchev–Trinajstić information content (AvgIpc) is 2.63. The summed E-state index contributed by atoms with van der Waals surface area (Å²) in [5.74, 6) is 1.98. The van der Waals surface area contributed by atoms with Crippen molar-refractivity contribution in [1.82, 2.24) is 10.6 Å². The maximum Gasteiger partial charge on any atom is 0.318 e. The van der Waals surface area contributed by atoms with Gasteiger partial charge in [0.1, 0.15) is 11.5 Å². The standard InChI is InChI=1S/C23H32N2O3/c1-7-27-22-13-8-16(4)14-21(22)17(5)24-23(26)25-18(6)28-20-11-9-19(10-12-20)15(2)3/h8-15,17-18H,7H2,1-6H3,(H2,24,25,26). The van der Waals surface area contributed by atoms with Crippen LogP contribution in [0.15, 0.2) is 42.5 Å². The Balaban J connectivity index is 1.93. The van der Waals surface area contributed by atoms with Crippen LogP contribution < -0.4 is 20.1 Å². The highest BCUT2D eigenvalue weighted by Crippen LogP contribution is 2.26. The van der Waals surface area contributed by atoms with Crippen LogP contribution in [0.1, 0.15) is 63.3 Å². The fraction of sp³-hybridized carbons (Fsp3) is 0.435. The van der Waals surface area contributed by atoms with Gasteiger partial charge in [0.15, 0.2) is 6.23 Å². The molecular formula is C23H32N2O3. The Morgan fingerprint density at radius 3 is 2.29 bits per heavy atom. The van der Waals surface area contributed by atoms with E-state index in [1.54, 1.807) is 6.92 Å². The van der Waals surface area contributed by atoms with Gasteiger partial charge < -0.3 is 20.1 Å². The molecule has 0 spiro atoms. The maximum atomic E-state index is 12.4. The Labute approximate surface area is 168 Å². The quantitative estimate of drug-likeness (QED) is 0.607. The normalized spacial score (nSPS) is 13.0. The number of hydrogen-bond acceptors (Lipinski definition) is 3. The highest BCUT2D eigenvalue weighted by molar-refractivity contribution is 5.74. The maximum absolute atomic E-state index is 12.4. The summed E-state index contributed by atoms with van der Waals surface area (Å²) in [4.78, 5) is 12.4. The Bertz CT molecular complexity index is 772. The minimum Gasteiger partial charge on any atom is -0.494 e. The first-order valence-corrected chi connectivity index (χ1v) is 9.87. The van der Waals surface area contributed by atoms with Gasteiger partial charge in [-0.1, -0.05) is 43.7 Å². The molecule has 2 atom stereocenters. The summed E-state index contributed by atoms with van der Waals surface area (Å²) < 4.78 is 11.5. The first-order valence-electron chi connectivity index (χ1n) is 9.87. The summed E-state index contributed by atoms with van der Waals surface area (Å²) >= 11 is 0. The van der Waals surface area contributed by atoms with E-state index in [1.807, 2.05) is 63.2 Å². The number of benzene rings is 2. The highest BCUT2D eigenvalue weighted by atomic mass is 16.5. The third-order valence-corrected chi connectivity index (χ3v) is 4.47. The Hall–Kier alpha value is -2.69. The van der Waals surface area contributed by atoms with E-state index in [1.165, 1.54) is 5.56 Å². The minimum absolute atomic E-state index is 0.195. The van der Waals surface area contributed by atoms with Crippen LogP contribution in [0.3, 0.4) is 0 Å². The van der Waals surface area contributed by atoms with Crippen molar-refractivity contribution in [3.05, 3.63) is 59.2 Å². The van der Waals surface area contributed by atoms with Gasteiger partial charge in [-0.25, -0.2) is 4.79 Å². The molecule has 0 aromatic heterocycles. The van der Waals surface area contributed by atoms with E-state index in [0.29, 0.717) is 12.5 Å². The van der Waals surface area contributed by atoms with Crippen LogP contribution in [0.25, 0.3) is 0 Å². The van der Waals surface area contributed by atoms with Crippen LogP contribution in [0.4, 0.5) is 4.79 Å². The zero-order chi connectivity index (χ0) is 20.7. The minimum atomic E-state index is -0.457. The zero-order valence-electron chi connectivity index (χ0n) is 17.7. The Morgan fingerprint density at radius 2 is 1.68 bits per heavy atom. The molecule has 2 N–H and O–H groups in total. The van der Waals surface area contributed by atoms with Crippen molar-refractivity contribution in [2.24, 2.45) is 0 Å². The van der Waals surface area contributed by atoms with Gasteiger partial charge in [0, 0.05) is 5.56 Å². The van der Waals surface area contributed by atoms with Crippen molar-refractivity contribution < 1.29 is 14.3 Å². The SMILES string of the molecule is CCOc1ccc(C)cc1C(C)NC(=O)NC(C)Oc1ccc(C(C)C)cc1. The van der Waals surface area contributed by atoms with Crippen LogP contribution >= 0.6 is 0 Å². The molecule has 0 aliphatic rings. The van der Waals surface area contributed by atoms with Crippen molar-refractivity contribution in [1.29, 1.82) is 0 Å². The fourth-order valence-corrected chi connectivity index (χ4v) is 2.96. The number of amides is 2. The molecule has 0 aliphatic heterocycles. The van der Waals surface area contributed by atoms with Crippen LogP contribution in [-0.4, -0.2) is 18.9 Å². The van der Waals surface area contributed by atoms with Gasteiger partial charge in [-0.05, 0) is 57.4 Å². The molecule has 2 aromatic rings. The summed E-state index contributed by atoms with van der Waals surface area (Å²) in [5.41, 5.74) is 3.33. The molecule has 5 nitrogen and oxygen atoms in total. The molecular weight excluding hydrogens is 352 g/mol. The second kappa shape index (κ2) is 10.0. The van der Waals surface area contributed by atoms with E-state index < -0.39 is 6.23 Å². The predicted octanol–water partition coefficient (Wildman–Crippen LogP) is 5.30. The smallest absolute Gasteiger partial charge is 0.318 e. The number of nitrogens with one attached hydrogen (secondary N) is 2. The molecule has 152 valence electrons. The first kappa shape index (κ1) is 21.6. The van der Waals surface area contributed by atoms with E-state index in [9.17, 15) is 4.79 Å². The number of carbonyl (C=O) groups excluding carboxylic acids is 1. The number of carbonyl (C=O) groups is 1. The molecule has 2 amide bonds. The average molecular weight is 385 g/mol. The Kier molecular flexibility index (Phi) is 7.73. The fourth-order valence-electron chi connectivity index (χ4n) is 2.96. The van der Waals surface area contributed by atoms with Crippen molar-refractivity contribution in [2.45, 2.75) is 59.7 Å². The topological polar surface area (TPSA) is 59.6 Å². The molecule has 5 heteroatoms. The molecule has 0 saturated heterocycles. The van der Waals surface area contributed by atoms with E-state index in [2.05, 4.69) is 24.5 Å². The number of rotatable bonds is 8. The molecule has 2 rings (SSSR count). The van der Waals surface area contributed by atoms with Gasteiger partial charge in [0.25, 0.3) is 0 Å². The lowest BCUT2D eigenvalue weighted by atomic mass is 10.0. The van der Waals surface area contributed by atoms with Gasteiger partial charge in [0.05, 0.1) is 12.6 Å². The number of aryl methyl sites for hydroxylation is 1. The summed E-state index contributed by atoms with van der Waals surface area (Å²) in [5, 5.41) is 5.77. The third kappa shape index (κ3) is 6.19. The molecule has 2 unspecified atom stereocenters. The van der Waals surface area contributed by atoms with Gasteiger partial charge in [-0.3, -0.25) is 0 Å². The molecule has 2 aromatic carbocycles. The largest absolute Gasteiger partial charge is 0.494 e.